The van der Waals surface area contributed by atoms with Gasteiger partial charge in [-0.05, 0) is 29.8 Å². The van der Waals surface area contributed by atoms with Gasteiger partial charge in [-0.3, -0.25) is 4.90 Å². The molecule has 2 aliphatic heterocycles. The molecule has 2 aliphatic rings. The van der Waals surface area contributed by atoms with Crippen molar-refractivity contribution in [3.63, 3.8) is 0 Å². The van der Waals surface area contributed by atoms with Crippen molar-refractivity contribution >= 4 is 51.8 Å². The quantitative estimate of drug-likeness (QED) is 0.227. The summed E-state index contributed by atoms with van der Waals surface area (Å²) in [5, 5.41) is 0. The summed E-state index contributed by atoms with van der Waals surface area (Å²) in [7, 11) is 6.27. The van der Waals surface area contributed by atoms with Gasteiger partial charge in [0, 0.05) is 25.1 Å². The van der Waals surface area contributed by atoms with Gasteiger partial charge in [0.25, 0.3) is 5.82 Å². The number of fused-ring (bicyclic) bond motifs is 4. The van der Waals surface area contributed by atoms with Crippen molar-refractivity contribution in [2.75, 3.05) is 23.9 Å². The lowest BCUT2D eigenvalue weighted by molar-refractivity contribution is -0.403. The first kappa shape index (κ1) is 22.8. The van der Waals surface area contributed by atoms with E-state index in [-0.39, 0.29) is 0 Å². The largest absolute Gasteiger partial charge is 0.462 e. The molecule has 7 nitrogen and oxygen atoms in total. The summed E-state index contributed by atoms with van der Waals surface area (Å²) in [5.74, 6) is 2.86. The van der Waals surface area contributed by atoms with Crippen LogP contribution in [0.2, 0.25) is 0 Å². The Morgan fingerprint density at radius 1 is 0.825 bits per heavy atom. The summed E-state index contributed by atoms with van der Waals surface area (Å²) < 4.78 is 10.4. The number of para-hydroxylation sites is 2. The zero-order chi connectivity index (χ0) is 27.0. The Labute approximate surface area is 231 Å². The topological polar surface area (TPSA) is 53.3 Å². The Hall–Kier alpha value is -5.17. The van der Waals surface area contributed by atoms with Crippen LogP contribution in [-0.2, 0) is 13.5 Å². The first-order valence-corrected chi connectivity index (χ1v) is 13.4. The van der Waals surface area contributed by atoms with E-state index >= 15 is 0 Å². The van der Waals surface area contributed by atoms with E-state index in [4.69, 9.17) is 14.4 Å². The van der Waals surface area contributed by atoms with Crippen molar-refractivity contribution in [1.82, 2.24) is 14.5 Å². The van der Waals surface area contributed by atoms with Gasteiger partial charge in [0.15, 0.2) is 11.4 Å². The molecule has 7 heteroatoms. The number of rotatable bonds is 3. The molecule has 194 valence electrons. The monoisotopic (exact) mass is 523 g/mol. The molecular weight excluding hydrogens is 496 g/mol. The van der Waals surface area contributed by atoms with Crippen molar-refractivity contribution in [3.05, 3.63) is 96.9 Å². The van der Waals surface area contributed by atoms with E-state index in [1.807, 2.05) is 18.2 Å². The van der Waals surface area contributed by atoms with E-state index in [9.17, 15) is 0 Å². The standard InChI is InChI=1S/C33H27N6O/c1-36-17-16-22-23(19-37(2)33(22)36)25-12-9-15-30(34-25)39-27-14-8-7-13-26(27)38(3)28-18-29-31(35-32(28)39)24(20-40-29)21-10-5-4-6-11-21/h4-15,17-20H,16H2,1-3H3/q+1. The lowest BCUT2D eigenvalue weighted by Crippen LogP contribution is -2.25. The molecule has 6 aromatic rings. The van der Waals surface area contributed by atoms with Crippen molar-refractivity contribution < 1.29 is 8.99 Å². The molecule has 0 amide bonds. The van der Waals surface area contributed by atoms with E-state index in [0.717, 1.165) is 68.6 Å². The molecule has 0 unspecified atom stereocenters. The van der Waals surface area contributed by atoms with E-state index < -0.39 is 0 Å². The predicted octanol–water partition coefficient (Wildman–Crippen LogP) is 7.35. The van der Waals surface area contributed by atoms with Gasteiger partial charge in [-0.1, -0.05) is 48.5 Å². The summed E-state index contributed by atoms with van der Waals surface area (Å²) in [6.07, 6.45) is 7.11. The number of pyridine rings is 2. The number of aryl methyl sites for hydroxylation is 1. The van der Waals surface area contributed by atoms with Gasteiger partial charge in [-0.15, -0.1) is 0 Å². The maximum Gasteiger partial charge on any atom is 0.285 e. The lowest BCUT2D eigenvalue weighted by Gasteiger charge is -2.36. The van der Waals surface area contributed by atoms with Gasteiger partial charge >= 0.3 is 0 Å². The van der Waals surface area contributed by atoms with Gasteiger partial charge in [0.2, 0.25) is 0 Å². The fourth-order valence-electron chi connectivity index (χ4n) is 6.15. The summed E-state index contributed by atoms with van der Waals surface area (Å²) in [6, 6.07) is 27.0. The first-order valence-electron chi connectivity index (χ1n) is 13.4. The second-order valence-electron chi connectivity index (χ2n) is 10.4. The highest BCUT2D eigenvalue weighted by Gasteiger charge is 2.32. The molecule has 0 saturated heterocycles. The van der Waals surface area contributed by atoms with Gasteiger partial charge in [-0.2, -0.15) is 0 Å². The Kier molecular flexibility index (Phi) is 4.79. The van der Waals surface area contributed by atoms with Crippen LogP contribution in [0.3, 0.4) is 0 Å². The van der Waals surface area contributed by atoms with Crippen molar-refractivity contribution in [3.8, 4) is 22.4 Å². The third-order valence-electron chi connectivity index (χ3n) is 8.04. The van der Waals surface area contributed by atoms with Crippen LogP contribution in [0.4, 0.5) is 34.5 Å². The molecule has 6 heterocycles. The maximum atomic E-state index is 6.04. The summed E-state index contributed by atoms with van der Waals surface area (Å²) >= 11 is 0. The van der Waals surface area contributed by atoms with Gasteiger partial charge < -0.3 is 9.32 Å². The fourth-order valence-corrected chi connectivity index (χ4v) is 6.15. The lowest BCUT2D eigenvalue weighted by atomic mass is 10.1. The number of nitrogens with zero attached hydrogens (tertiary/aromatic N) is 6. The average molecular weight is 524 g/mol. The Morgan fingerprint density at radius 3 is 2.48 bits per heavy atom. The normalized spacial score (nSPS) is 13.8. The number of hydrogen-bond donors (Lipinski definition) is 0. The van der Waals surface area contributed by atoms with Crippen LogP contribution in [0.15, 0.2) is 95.7 Å². The molecule has 0 saturated carbocycles. The van der Waals surface area contributed by atoms with Crippen LogP contribution < -0.4 is 9.80 Å². The maximum absolute atomic E-state index is 6.04. The second kappa shape index (κ2) is 8.41. The fraction of sp³-hybridized carbons (Fsp3) is 0.121. The molecule has 40 heavy (non-hydrogen) atoms. The summed E-state index contributed by atoms with van der Waals surface area (Å²) in [5.41, 5.74) is 10.1. The summed E-state index contributed by atoms with van der Waals surface area (Å²) in [6.45, 7) is 0. The van der Waals surface area contributed by atoms with Crippen LogP contribution in [0.5, 0.6) is 0 Å². The minimum absolute atomic E-state index is 0.755. The second-order valence-corrected chi connectivity index (χ2v) is 10.4. The predicted molar refractivity (Wildman–Crippen MR) is 160 cm³/mol. The van der Waals surface area contributed by atoms with Gasteiger partial charge in [-0.25, -0.2) is 19.1 Å². The van der Waals surface area contributed by atoms with Crippen LogP contribution in [0.1, 0.15) is 5.56 Å². The van der Waals surface area contributed by atoms with Crippen LogP contribution in [0.25, 0.3) is 33.5 Å². The molecule has 0 radical (unpaired) electrons. The highest BCUT2D eigenvalue weighted by atomic mass is 16.3. The molecule has 0 fully saturated rings. The molecule has 0 spiro atoms. The molecule has 2 aromatic carbocycles. The Bertz CT molecular complexity index is 1980. The summed E-state index contributed by atoms with van der Waals surface area (Å²) in [4.78, 5) is 14.9. The SMILES string of the molecule is CN1c2ccccc2N(c2cccc(-c3cn(C)c4c3CC=[N+]4C)n2)c2nc3c(-c4ccccc4)coc3cc21. The zero-order valence-corrected chi connectivity index (χ0v) is 22.5. The average Bonchev–Trinajstić information content (AvgIpc) is 3.68. The number of aromatic nitrogens is 3. The van der Waals surface area contributed by atoms with Crippen LogP contribution >= 0.6 is 0 Å². The number of furan rings is 1. The van der Waals surface area contributed by atoms with E-state index in [1.54, 1.807) is 6.26 Å². The number of anilines is 5. The molecule has 0 atom stereocenters. The van der Waals surface area contributed by atoms with Crippen LogP contribution in [-0.4, -0.2) is 39.4 Å². The Morgan fingerprint density at radius 2 is 1.62 bits per heavy atom. The smallest absolute Gasteiger partial charge is 0.285 e. The zero-order valence-electron chi connectivity index (χ0n) is 22.5. The highest BCUT2D eigenvalue weighted by molar-refractivity contribution is 6.01. The molecular formula is C33H27N6O+. The molecule has 0 bridgehead atoms. The molecule has 8 rings (SSSR count). The van der Waals surface area contributed by atoms with Crippen molar-refractivity contribution in [1.29, 1.82) is 0 Å². The first-order chi connectivity index (χ1) is 19.6. The van der Waals surface area contributed by atoms with E-state index in [0.29, 0.717) is 0 Å². The van der Waals surface area contributed by atoms with E-state index in [1.165, 1.54) is 11.4 Å². The third-order valence-corrected chi connectivity index (χ3v) is 8.04. The highest BCUT2D eigenvalue weighted by Crippen LogP contribution is 2.51. The molecule has 0 N–H and O–H groups in total. The Balaban J connectivity index is 1.34. The molecule has 4 aromatic heterocycles. The van der Waals surface area contributed by atoms with Crippen molar-refractivity contribution in [2.45, 2.75) is 6.42 Å². The number of hydrogen-bond acceptors (Lipinski definition) is 5. The van der Waals surface area contributed by atoms with Gasteiger partial charge in [0.05, 0.1) is 54.2 Å². The van der Waals surface area contributed by atoms with E-state index in [2.05, 4.69) is 113 Å². The minimum Gasteiger partial charge on any atom is -0.462 e. The minimum atomic E-state index is 0.755. The van der Waals surface area contributed by atoms with Crippen molar-refractivity contribution in [2.24, 2.45) is 7.05 Å². The van der Waals surface area contributed by atoms with Gasteiger partial charge in [0.1, 0.15) is 23.8 Å². The number of benzene rings is 2. The third kappa shape index (κ3) is 3.21. The van der Waals surface area contributed by atoms with Crippen LogP contribution in [0, 0.1) is 0 Å². The molecule has 0 aliphatic carbocycles.